The summed E-state index contributed by atoms with van der Waals surface area (Å²) in [7, 11) is 0. The van der Waals surface area contributed by atoms with Crippen molar-refractivity contribution in [2.45, 2.75) is 4.90 Å². The van der Waals surface area contributed by atoms with Crippen LogP contribution in [-0.4, -0.2) is 0 Å². The summed E-state index contributed by atoms with van der Waals surface area (Å²) < 4.78 is 3.95. The summed E-state index contributed by atoms with van der Waals surface area (Å²) in [6.45, 7) is 0. The fraction of sp³-hybridized carbons (Fsp3) is 0. The topological polar surface area (TPSA) is 0 Å². The van der Waals surface area contributed by atoms with Crippen LogP contribution in [-0.2, 0) is 0 Å². The Morgan fingerprint density at radius 1 is 1.25 bits per heavy atom. The van der Waals surface area contributed by atoms with Gasteiger partial charge in [0.25, 0.3) is 0 Å². The number of thiophene rings is 1. The SMILES string of the molecule is Sc1cc2ccsc2c(I)c1I. The van der Waals surface area contributed by atoms with E-state index < -0.39 is 0 Å². The van der Waals surface area contributed by atoms with Crippen LogP contribution in [0.15, 0.2) is 22.4 Å². The predicted molar refractivity (Wildman–Crippen MR) is 74.5 cm³/mol. The maximum absolute atomic E-state index is 4.41. The Hall–Kier alpha value is 0.990. The Morgan fingerprint density at radius 2 is 2.00 bits per heavy atom. The standard InChI is InChI=1S/C8H4I2S2/c9-6-5(11)3-4-1-2-12-8(4)7(6)10/h1-3,11H. The molecule has 1 aromatic carbocycles. The molecule has 0 saturated carbocycles. The highest BCUT2D eigenvalue weighted by molar-refractivity contribution is 14.1. The van der Waals surface area contributed by atoms with E-state index >= 15 is 0 Å². The van der Waals surface area contributed by atoms with E-state index in [0.717, 1.165) is 4.90 Å². The van der Waals surface area contributed by atoms with Crippen LogP contribution in [0.2, 0.25) is 0 Å². The Morgan fingerprint density at radius 3 is 2.75 bits per heavy atom. The van der Waals surface area contributed by atoms with Gasteiger partial charge in [-0.2, -0.15) is 0 Å². The molecule has 0 amide bonds. The number of thiol groups is 1. The summed E-state index contributed by atoms with van der Waals surface area (Å²) >= 11 is 10.9. The van der Waals surface area contributed by atoms with Gasteiger partial charge in [-0.05, 0) is 68.1 Å². The van der Waals surface area contributed by atoms with E-state index in [0.29, 0.717) is 0 Å². The normalized spacial score (nSPS) is 10.9. The monoisotopic (exact) mass is 418 g/mol. The van der Waals surface area contributed by atoms with Gasteiger partial charge in [-0.25, -0.2) is 0 Å². The average molecular weight is 418 g/mol. The maximum Gasteiger partial charge on any atom is 0.0487 e. The van der Waals surface area contributed by atoms with Crippen LogP contribution < -0.4 is 0 Å². The van der Waals surface area contributed by atoms with Crippen molar-refractivity contribution in [2.75, 3.05) is 0 Å². The summed E-state index contributed by atoms with van der Waals surface area (Å²) in [5, 5.41) is 3.42. The van der Waals surface area contributed by atoms with Gasteiger partial charge in [-0.3, -0.25) is 0 Å². The molecular formula is C8H4I2S2. The van der Waals surface area contributed by atoms with Gasteiger partial charge in [-0.1, -0.05) is 0 Å². The lowest BCUT2D eigenvalue weighted by atomic mass is 10.3. The molecule has 0 atom stereocenters. The van der Waals surface area contributed by atoms with E-state index in [2.05, 4.69) is 75.3 Å². The fourth-order valence-corrected chi connectivity index (χ4v) is 3.91. The lowest BCUT2D eigenvalue weighted by Gasteiger charge is -2.01. The molecular weight excluding hydrogens is 414 g/mol. The molecule has 0 spiro atoms. The van der Waals surface area contributed by atoms with Crippen LogP contribution in [0.1, 0.15) is 0 Å². The number of hydrogen-bond donors (Lipinski definition) is 1. The first-order chi connectivity index (χ1) is 5.70. The van der Waals surface area contributed by atoms with Crippen molar-refractivity contribution in [3.63, 3.8) is 0 Å². The molecule has 0 aliphatic heterocycles. The molecule has 1 aromatic heterocycles. The summed E-state index contributed by atoms with van der Waals surface area (Å²) in [6, 6.07) is 4.26. The Balaban J connectivity index is 2.94. The number of halogens is 2. The molecule has 0 aliphatic rings. The zero-order chi connectivity index (χ0) is 8.72. The lowest BCUT2D eigenvalue weighted by molar-refractivity contribution is 1.44. The predicted octanol–water partition coefficient (Wildman–Crippen LogP) is 4.40. The number of rotatable bonds is 0. The third kappa shape index (κ3) is 1.51. The van der Waals surface area contributed by atoms with Gasteiger partial charge in [0.2, 0.25) is 0 Å². The minimum absolute atomic E-state index is 1.07. The summed E-state index contributed by atoms with van der Waals surface area (Å²) in [6.07, 6.45) is 0. The van der Waals surface area contributed by atoms with Gasteiger partial charge in [0, 0.05) is 16.7 Å². The van der Waals surface area contributed by atoms with Crippen molar-refractivity contribution in [3.8, 4) is 0 Å². The van der Waals surface area contributed by atoms with E-state index in [-0.39, 0.29) is 0 Å². The molecule has 0 aliphatic carbocycles. The van der Waals surface area contributed by atoms with Gasteiger partial charge < -0.3 is 0 Å². The molecule has 0 nitrogen and oxygen atoms in total. The van der Waals surface area contributed by atoms with Gasteiger partial charge in [-0.15, -0.1) is 24.0 Å². The van der Waals surface area contributed by atoms with Gasteiger partial charge >= 0.3 is 0 Å². The molecule has 2 rings (SSSR count). The molecule has 0 bridgehead atoms. The molecule has 0 radical (unpaired) electrons. The molecule has 2 aromatic rings. The number of hydrogen-bond acceptors (Lipinski definition) is 2. The Labute approximate surface area is 107 Å². The van der Waals surface area contributed by atoms with Gasteiger partial charge in [0.05, 0.1) is 0 Å². The van der Waals surface area contributed by atoms with Gasteiger partial charge in [0.1, 0.15) is 0 Å². The van der Waals surface area contributed by atoms with E-state index in [9.17, 15) is 0 Å². The van der Waals surface area contributed by atoms with Crippen molar-refractivity contribution < 1.29 is 0 Å². The van der Waals surface area contributed by atoms with Gasteiger partial charge in [0.15, 0.2) is 0 Å². The molecule has 0 fully saturated rings. The molecule has 1 heterocycles. The first kappa shape index (κ1) is 9.54. The highest BCUT2D eigenvalue weighted by Crippen LogP contribution is 2.33. The molecule has 0 N–H and O–H groups in total. The summed E-state index contributed by atoms with van der Waals surface area (Å²) in [5.41, 5.74) is 0. The second-order valence-electron chi connectivity index (χ2n) is 2.36. The van der Waals surface area contributed by atoms with Crippen molar-refractivity contribution in [2.24, 2.45) is 0 Å². The first-order valence-corrected chi connectivity index (χ1v) is 6.73. The second kappa shape index (κ2) is 3.62. The third-order valence-electron chi connectivity index (χ3n) is 1.60. The van der Waals surface area contributed by atoms with Crippen LogP contribution in [0.3, 0.4) is 0 Å². The molecule has 0 unspecified atom stereocenters. The zero-order valence-corrected chi connectivity index (χ0v) is 11.9. The average Bonchev–Trinajstić information content (AvgIpc) is 2.48. The Bertz CT molecular complexity index is 434. The first-order valence-electron chi connectivity index (χ1n) is 3.24. The van der Waals surface area contributed by atoms with E-state index in [4.69, 9.17) is 0 Å². The van der Waals surface area contributed by atoms with Crippen LogP contribution in [0.25, 0.3) is 10.1 Å². The van der Waals surface area contributed by atoms with Crippen molar-refractivity contribution in [3.05, 3.63) is 24.7 Å². The van der Waals surface area contributed by atoms with E-state index in [1.54, 1.807) is 11.3 Å². The van der Waals surface area contributed by atoms with Crippen LogP contribution in [0.4, 0.5) is 0 Å². The maximum atomic E-state index is 4.41. The largest absolute Gasteiger partial charge is 0.143 e. The smallest absolute Gasteiger partial charge is 0.0487 e. The van der Waals surface area contributed by atoms with Crippen molar-refractivity contribution in [1.82, 2.24) is 0 Å². The number of fused-ring (bicyclic) bond motifs is 1. The summed E-state index contributed by atoms with van der Waals surface area (Å²) in [4.78, 5) is 1.07. The van der Waals surface area contributed by atoms with Crippen molar-refractivity contribution in [1.29, 1.82) is 0 Å². The van der Waals surface area contributed by atoms with Crippen molar-refractivity contribution >= 4 is 79.2 Å². The van der Waals surface area contributed by atoms with E-state index in [1.807, 2.05) is 0 Å². The van der Waals surface area contributed by atoms with E-state index in [1.165, 1.54) is 17.2 Å². The summed E-state index contributed by atoms with van der Waals surface area (Å²) in [5.74, 6) is 0. The quantitative estimate of drug-likeness (QED) is 0.476. The minimum Gasteiger partial charge on any atom is -0.143 e. The highest BCUT2D eigenvalue weighted by atomic mass is 127. The molecule has 62 valence electrons. The fourth-order valence-electron chi connectivity index (χ4n) is 1.03. The molecule has 4 heteroatoms. The Kier molecular flexibility index (Phi) is 2.88. The highest BCUT2D eigenvalue weighted by Gasteiger charge is 2.07. The lowest BCUT2D eigenvalue weighted by Crippen LogP contribution is -1.81. The van der Waals surface area contributed by atoms with Crippen LogP contribution in [0, 0.1) is 7.14 Å². The third-order valence-corrected chi connectivity index (χ3v) is 6.93. The zero-order valence-electron chi connectivity index (χ0n) is 5.84. The minimum atomic E-state index is 1.07. The van der Waals surface area contributed by atoms with Crippen LogP contribution >= 0.6 is 69.1 Å². The second-order valence-corrected chi connectivity index (χ2v) is 5.92. The van der Waals surface area contributed by atoms with Crippen LogP contribution in [0.5, 0.6) is 0 Å². The molecule has 0 saturated heterocycles. The number of benzene rings is 1. The molecule has 12 heavy (non-hydrogen) atoms.